The molecule has 2 heteroatoms. The molecule has 1 aromatic heterocycles. The monoisotopic (exact) mass is 653 g/mol. The van der Waals surface area contributed by atoms with Gasteiger partial charge in [0.15, 0.2) is 0 Å². The van der Waals surface area contributed by atoms with Crippen molar-refractivity contribution in [2.75, 3.05) is 4.90 Å². The molecule has 0 aliphatic heterocycles. The molecule has 0 aliphatic carbocycles. The molecule has 234 valence electrons. The summed E-state index contributed by atoms with van der Waals surface area (Å²) >= 11 is 1.90. The van der Waals surface area contributed by atoms with Crippen molar-refractivity contribution in [2.24, 2.45) is 0 Å². The van der Waals surface area contributed by atoms with Crippen LogP contribution in [0.1, 0.15) is 0 Å². The van der Waals surface area contributed by atoms with E-state index < -0.39 is 0 Å². The summed E-state index contributed by atoms with van der Waals surface area (Å²) in [5.74, 6) is 0. The number of hydrogen-bond acceptors (Lipinski definition) is 2. The van der Waals surface area contributed by atoms with Gasteiger partial charge in [-0.1, -0.05) is 158 Å². The Kier molecular flexibility index (Phi) is 6.75. The van der Waals surface area contributed by atoms with Gasteiger partial charge >= 0.3 is 0 Å². The van der Waals surface area contributed by atoms with Crippen LogP contribution in [0.3, 0.4) is 0 Å². The molecule has 0 bridgehead atoms. The smallest absolute Gasteiger partial charge is 0.0640 e. The first-order valence-corrected chi connectivity index (χ1v) is 17.9. The van der Waals surface area contributed by atoms with Crippen LogP contribution < -0.4 is 4.90 Å². The third-order valence-electron chi connectivity index (χ3n) is 10.1. The van der Waals surface area contributed by atoms with Crippen molar-refractivity contribution in [1.29, 1.82) is 0 Å². The number of rotatable bonds is 5. The Bertz CT molecular complexity index is 2730. The molecular formula is C48H31NS. The molecule has 9 aromatic carbocycles. The zero-order chi connectivity index (χ0) is 33.0. The summed E-state index contributed by atoms with van der Waals surface area (Å²) < 4.78 is 2.62. The average molecular weight is 654 g/mol. The fraction of sp³-hybridized carbons (Fsp3) is 0. The molecule has 0 unspecified atom stereocenters. The van der Waals surface area contributed by atoms with Gasteiger partial charge < -0.3 is 4.90 Å². The summed E-state index contributed by atoms with van der Waals surface area (Å²) in [5, 5.41) is 10.2. The molecule has 0 amide bonds. The molecule has 0 spiro atoms. The van der Waals surface area contributed by atoms with Crippen molar-refractivity contribution in [3.8, 4) is 22.3 Å². The van der Waals surface area contributed by atoms with Crippen LogP contribution in [0.4, 0.5) is 17.1 Å². The van der Waals surface area contributed by atoms with Gasteiger partial charge in [-0.05, 0) is 84.9 Å². The Labute approximate surface area is 294 Å². The fourth-order valence-corrected chi connectivity index (χ4v) is 8.99. The van der Waals surface area contributed by atoms with E-state index in [1.54, 1.807) is 0 Å². The summed E-state index contributed by atoms with van der Waals surface area (Å²) in [6.45, 7) is 0. The van der Waals surface area contributed by atoms with Crippen molar-refractivity contribution in [3.05, 3.63) is 188 Å². The van der Waals surface area contributed by atoms with E-state index in [9.17, 15) is 0 Å². The Morgan fingerprint density at radius 2 is 0.740 bits per heavy atom. The number of benzene rings is 9. The Morgan fingerprint density at radius 1 is 0.300 bits per heavy atom. The van der Waals surface area contributed by atoms with Crippen molar-refractivity contribution in [1.82, 2.24) is 0 Å². The second-order valence-corrected chi connectivity index (χ2v) is 13.9. The summed E-state index contributed by atoms with van der Waals surface area (Å²) in [4.78, 5) is 2.43. The van der Waals surface area contributed by atoms with Crippen LogP contribution in [0.25, 0.3) is 74.7 Å². The Morgan fingerprint density at radius 3 is 1.32 bits per heavy atom. The lowest BCUT2D eigenvalue weighted by molar-refractivity contribution is 1.30. The maximum Gasteiger partial charge on any atom is 0.0640 e. The molecule has 0 atom stereocenters. The van der Waals surface area contributed by atoms with Gasteiger partial charge in [0.05, 0.1) is 10.4 Å². The van der Waals surface area contributed by atoms with E-state index in [1.807, 2.05) is 11.3 Å². The first-order valence-electron chi connectivity index (χ1n) is 17.1. The normalized spacial score (nSPS) is 11.6. The molecule has 1 heterocycles. The van der Waals surface area contributed by atoms with E-state index in [0.717, 1.165) is 11.4 Å². The van der Waals surface area contributed by atoms with Crippen molar-refractivity contribution < 1.29 is 0 Å². The molecule has 0 radical (unpaired) electrons. The van der Waals surface area contributed by atoms with Crippen LogP contribution in [0, 0.1) is 0 Å². The van der Waals surface area contributed by atoms with Gasteiger partial charge in [-0.25, -0.2) is 0 Å². The van der Waals surface area contributed by atoms with Crippen LogP contribution in [-0.4, -0.2) is 0 Å². The molecule has 0 saturated heterocycles. The second-order valence-electron chi connectivity index (χ2n) is 12.9. The molecule has 0 fully saturated rings. The molecule has 10 rings (SSSR count). The molecule has 0 N–H and O–H groups in total. The topological polar surface area (TPSA) is 3.24 Å². The van der Waals surface area contributed by atoms with Gasteiger partial charge in [0.1, 0.15) is 0 Å². The second kappa shape index (κ2) is 11.7. The standard InChI is InChI=1S/C48H31NS/c1-4-15-39-32(10-1)13-7-18-41(39)35-22-27-37(28-23-35)49(38-29-24-36(25-30-38)42-19-8-14-33-11-2-5-16-40(33)42)46-21-9-20-44-45-31-26-34-12-3-6-17-43(34)47(45)50-48(44)46/h1-31H. The highest BCUT2D eigenvalue weighted by Gasteiger charge is 2.19. The largest absolute Gasteiger partial charge is 0.309 e. The average Bonchev–Trinajstić information content (AvgIpc) is 3.58. The fourth-order valence-electron chi connectivity index (χ4n) is 7.65. The van der Waals surface area contributed by atoms with E-state index in [-0.39, 0.29) is 0 Å². The van der Waals surface area contributed by atoms with Gasteiger partial charge in [-0.2, -0.15) is 0 Å². The highest BCUT2D eigenvalue weighted by atomic mass is 32.1. The molecular weight excluding hydrogens is 623 g/mol. The summed E-state index contributed by atoms with van der Waals surface area (Å²) in [6, 6.07) is 68.6. The van der Waals surface area contributed by atoms with E-state index >= 15 is 0 Å². The summed E-state index contributed by atoms with van der Waals surface area (Å²) in [6.07, 6.45) is 0. The Hall–Kier alpha value is -6.22. The van der Waals surface area contributed by atoms with Gasteiger partial charge in [0.2, 0.25) is 0 Å². The lowest BCUT2D eigenvalue weighted by atomic mass is 9.97. The van der Waals surface area contributed by atoms with Crippen LogP contribution in [-0.2, 0) is 0 Å². The first-order chi connectivity index (χ1) is 24.8. The third kappa shape index (κ3) is 4.69. The molecule has 50 heavy (non-hydrogen) atoms. The SMILES string of the molecule is c1ccc2c(-c3ccc(N(c4ccc(-c5cccc6ccccc56)cc4)c4cccc5c4sc4c6ccccc6ccc54)cc3)cccc2c1. The maximum atomic E-state index is 2.43. The van der Waals surface area contributed by atoms with Crippen LogP contribution in [0.5, 0.6) is 0 Å². The van der Waals surface area contributed by atoms with Crippen LogP contribution >= 0.6 is 11.3 Å². The zero-order valence-corrected chi connectivity index (χ0v) is 28.1. The van der Waals surface area contributed by atoms with Gasteiger partial charge in [0, 0.05) is 26.8 Å². The minimum absolute atomic E-state index is 1.13. The van der Waals surface area contributed by atoms with Crippen LogP contribution in [0.2, 0.25) is 0 Å². The molecule has 1 nitrogen and oxygen atoms in total. The third-order valence-corrected chi connectivity index (χ3v) is 11.3. The van der Waals surface area contributed by atoms with Crippen LogP contribution in [0.15, 0.2) is 188 Å². The van der Waals surface area contributed by atoms with E-state index in [1.165, 1.54) is 80.4 Å². The predicted molar refractivity (Wildman–Crippen MR) is 217 cm³/mol. The van der Waals surface area contributed by atoms with E-state index in [4.69, 9.17) is 0 Å². The highest BCUT2D eigenvalue weighted by Crippen LogP contribution is 2.47. The lowest BCUT2D eigenvalue weighted by Gasteiger charge is -2.26. The lowest BCUT2D eigenvalue weighted by Crippen LogP contribution is -2.10. The highest BCUT2D eigenvalue weighted by molar-refractivity contribution is 7.27. The van der Waals surface area contributed by atoms with E-state index in [0.29, 0.717) is 0 Å². The Balaban J connectivity index is 1.15. The number of thiophene rings is 1. The van der Waals surface area contributed by atoms with Gasteiger partial charge in [0.25, 0.3) is 0 Å². The quantitative estimate of drug-likeness (QED) is 0.179. The number of anilines is 3. The minimum atomic E-state index is 1.13. The van der Waals surface area contributed by atoms with Crippen molar-refractivity contribution >= 4 is 80.9 Å². The van der Waals surface area contributed by atoms with Crippen molar-refractivity contribution in [2.45, 2.75) is 0 Å². The van der Waals surface area contributed by atoms with Crippen molar-refractivity contribution in [3.63, 3.8) is 0 Å². The number of hydrogen-bond donors (Lipinski definition) is 0. The first kappa shape index (κ1) is 28.8. The molecule has 10 aromatic rings. The predicted octanol–water partition coefficient (Wildman–Crippen LogP) is 14.3. The van der Waals surface area contributed by atoms with E-state index in [2.05, 4.69) is 193 Å². The van der Waals surface area contributed by atoms with Gasteiger partial charge in [-0.3, -0.25) is 0 Å². The number of fused-ring (bicyclic) bond motifs is 7. The molecule has 0 saturated carbocycles. The number of nitrogens with zero attached hydrogens (tertiary/aromatic N) is 1. The maximum absolute atomic E-state index is 2.43. The molecule has 0 aliphatic rings. The summed E-state index contributed by atoms with van der Waals surface area (Å²) in [7, 11) is 0. The summed E-state index contributed by atoms with van der Waals surface area (Å²) in [5.41, 5.74) is 8.36. The van der Waals surface area contributed by atoms with Gasteiger partial charge in [-0.15, -0.1) is 11.3 Å². The minimum Gasteiger partial charge on any atom is -0.309 e. The zero-order valence-electron chi connectivity index (χ0n) is 27.3.